The molecule has 1 fully saturated rings. The van der Waals surface area contributed by atoms with E-state index in [0.717, 1.165) is 11.3 Å². The van der Waals surface area contributed by atoms with Crippen molar-refractivity contribution < 1.29 is 19.4 Å². The van der Waals surface area contributed by atoms with Gasteiger partial charge < -0.3 is 20.1 Å². The number of ether oxygens (including phenoxy) is 1. The highest BCUT2D eigenvalue weighted by Gasteiger charge is 2.34. The maximum atomic E-state index is 12.5. The Kier molecular flexibility index (Phi) is 6.34. The second kappa shape index (κ2) is 9.33. The zero-order chi connectivity index (χ0) is 22.7. The first-order valence-electron chi connectivity index (χ1n) is 10.4. The van der Waals surface area contributed by atoms with Crippen molar-refractivity contribution >= 4 is 17.5 Å². The fourth-order valence-corrected chi connectivity index (χ4v) is 3.88. The third-order valence-electron chi connectivity index (χ3n) is 5.54. The number of aliphatic hydroxyl groups excluding tert-OH is 1. The number of aliphatic hydroxyl groups is 1. The molecule has 0 saturated carbocycles. The number of aromatic nitrogens is 2. The molecule has 0 unspecified atom stereocenters. The normalized spacial score (nSPS) is 17.3. The highest BCUT2D eigenvalue weighted by atomic mass is 16.5. The highest BCUT2D eigenvalue weighted by molar-refractivity contribution is 6.03. The lowest BCUT2D eigenvalue weighted by Crippen LogP contribution is -2.51. The molecule has 0 radical (unpaired) electrons. The van der Waals surface area contributed by atoms with E-state index in [0.29, 0.717) is 23.5 Å². The average Bonchev–Trinajstić information content (AvgIpc) is 3.14. The summed E-state index contributed by atoms with van der Waals surface area (Å²) in [6.07, 6.45) is -0.924. The van der Waals surface area contributed by atoms with Gasteiger partial charge in [-0.15, -0.1) is 0 Å². The average molecular weight is 434 g/mol. The molecular formula is C24H26N4O4. The maximum Gasteiger partial charge on any atom is 0.273 e. The zero-order valence-electron chi connectivity index (χ0n) is 18.1. The minimum Gasteiger partial charge on any atom is -0.386 e. The zero-order valence-corrected chi connectivity index (χ0v) is 18.1. The van der Waals surface area contributed by atoms with Crippen LogP contribution in [0.5, 0.6) is 0 Å². The van der Waals surface area contributed by atoms with Crippen LogP contribution in [-0.4, -0.2) is 50.9 Å². The van der Waals surface area contributed by atoms with Crippen molar-refractivity contribution in [3.63, 3.8) is 0 Å². The number of benzene rings is 2. The van der Waals surface area contributed by atoms with Gasteiger partial charge >= 0.3 is 0 Å². The summed E-state index contributed by atoms with van der Waals surface area (Å²) in [6.45, 7) is 2.49. The Hall–Kier alpha value is -3.49. The molecule has 2 N–H and O–H groups in total. The molecule has 0 spiro atoms. The van der Waals surface area contributed by atoms with Crippen molar-refractivity contribution in [2.45, 2.75) is 25.6 Å². The van der Waals surface area contributed by atoms with Crippen LogP contribution < -0.4 is 5.32 Å². The van der Waals surface area contributed by atoms with Gasteiger partial charge in [-0.25, -0.2) is 0 Å². The molecule has 4 rings (SSSR count). The van der Waals surface area contributed by atoms with Gasteiger partial charge in [0.15, 0.2) is 0 Å². The highest BCUT2D eigenvalue weighted by Crippen LogP contribution is 2.27. The summed E-state index contributed by atoms with van der Waals surface area (Å²) in [6, 6.07) is 17.8. The minimum atomic E-state index is -0.924. The van der Waals surface area contributed by atoms with E-state index in [1.165, 1.54) is 4.68 Å². The van der Waals surface area contributed by atoms with E-state index in [4.69, 9.17) is 4.74 Å². The van der Waals surface area contributed by atoms with E-state index in [2.05, 4.69) is 10.4 Å². The van der Waals surface area contributed by atoms with Gasteiger partial charge in [0.25, 0.3) is 5.91 Å². The smallest absolute Gasteiger partial charge is 0.273 e. The van der Waals surface area contributed by atoms with Crippen LogP contribution in [0.3, 0.4) is 0 Å². The van der Waals surface area contributed by atoms with Gasteiger partial charge in [-0.05, 0) is 36.2 Å². The molecule has 2 atom stereocenters. The first-order chi connectivity index (χ1) is 15.4. The lowest BCUT2D eigenvalue weighted by Gasteiger charge is -2.38. The first kappa shape index (κ1) is 21.7. The summed E-state index contributed by atoms with van der Waals surface area (Å²) in [5.41, 5.74) is 3.45. The molecule has 2 heterocycles. The molecule has 2 aromatic carbocycles. The van der Waals surface area contributed by atoms with Gasteiger partial charge in [-0.2, -0.15) is 5.10 Å². The number of rotatable bonds is 6. The van der Waals surface area contributed by atoms with E-state index in [9.17, 15) is 14.7 Å². The number of amides is 2. The summed E-state index contributed by atoms with van der Waals surface area (Å²) in [7, 11) is 1.72. The van der Waals surface area contributed by atoms with E-state index < -0.39 is 12.1 Å². The van der Waals surface area contributed by atoms with Crippen LogP contribution in [0.4, 0.5) is 5.69 Å². The monoisotopic (exact) mass is 434 g/mol. The summed E-state index contributed by atoms with van der Waals surface area (Å²) in [5.74, 6) is -0.416. The van der Waals surface area contributed by atoms with Crippen molar-refractivity contribution in [3.05, 3.63) is 83.2 Å². The lowest BCUT2D eigenvalue weighted by molar-refractivity contribution is -0.155. The third kappa shape index (κ3) is 4.71. The first-order valence-corrected chi connectivity index (χ1v) is 10.4. The molecule has 0 bridgehead atoms. The van der Waals surface area contributed by atoms with Gasteiger partial charge in [0.05, 0.1) is 18.3 Å². The number of nitrogens with one attached hydrogen (secondary N) is 1. The molecule has 3 aromatic rings. The van der Waals surface area contributed by atoms with Crippen LogP contribution in [-0.2, 0) is 23.1 Å². The predicted octanol–water partition coefficient (Wildman–Crippen LogP) is 2.44. The molecule has 166 valence electrons. The second-order valence-corrected chi connectivity index (χ2v) is 7.91. The largest absolute Gasteiger partial charge is 0.386 e. The molecule has 2 amide bonds. The predicted molar refractivity (Wildman–Crippen MR) is 119 cm³/mol. The van der Waals surface area contributed by atoms with Gasteiger partial charge in [-0.3, -0.25) is 14.3 Å². The SMILES string of the molecule is Cc1cc(C(=O)Nc2ccc([C@@H](O)[C@H]3COCC(=O)N3Cc3ccccc3)cc2)n(C)n1. The van der Waals surface area contributed by atoms with E-state index in [-0.39, 0.29) is 25.0 Å². The van der Waals surface area contributed by atoms with Crippen molar-refractivity contribution in [2.75, 3.05) is 18.5 Å². The Morgan fingerprint density at radius 3 is 2.59 bits per heavy atom. The molecule has 32 heavy (non-hydrogen) atoms. The molecule has 1 aliphatic rings. The van der Waals surface area contributed by atoms with E-state index in [1.54, 1.807) is 42.3 Å². The molecular weight excluding hydrogens is 408 g/mol. The van der Waals surface area contributed by atoms with E-state index >= 15 is 0 Å². The molecule has 1 aromatic heterocycles. The number of hydrogen-bond acceptors (Lipinski definition) is 5. The van der Waals surface area contributed by atoms with Gasteiger partial charge in [0.2, 0.25) is 5.91 Å². The van der Waals surface area contributed by atoms with Crippen LogP contribution in [0.15, 0.2) is 60.7 Å². The second-order valence-electron chi connectivity index (χ2n) is 7.91. The summed E-state index contributed by atoms with van der Waals surface area (Å²) in [4.78, 5) is 26.7. The Morgan fingerprint density at radius 1 is 1.22 bits per heavy atom. The summed E-state index contributed by atoms with van der Waals surface area (Å²) in [5, 5.41) is 18.0. The Morgan fingerprint density at radius 2 is 1.94 bits per heavy atom. The lowest BCUT2D eigenvalue weighted by atomic mass is 9.99. The molecule has 8 nitrogen and oxygen atoms in total. The molecule has 0 aliphatic carbocycles. The maximum absolute atomic E-state index is 12.5. The van der Waals surface area contributed by atoms with Crippen LogP contribution in [0, 0.1) is 6.92 Å². The van der Waals surface area contributed by atoms with Gasteiger partial charge in [0, 0.05) is 19.3 Å². The van der Waals surface area contributed by atoms with Crippen molar-refractivity contribution in [1.29, 1.82) is 0 Å². The fraction of sp³-hybridized carbons (Fsp3) is 0.292. The van der Waals surface area contributed by atoms with Crippen molar-refractivity contribution in [2.24, 2.45) is 7.05 Å². The van der Waals surface area contributed by atoms with Crippen LogP contribution in [0.2, 0.25) is 0 Å². The Labute approximate surface area is 186 Å². The van der Waals surface area contributed by atoms with Gasteiger partial charge in [0.1, 0.15) is 18.4 Å². The van der Waals surface area contributed by atoms with Gasteiger partial charge in [-0.1, -0.05) is 42.5 Å². The Balaban J connectivity index is 1.47. The molecule has 8 heteroatoms. The van der Waals surface area contributed by atoms with Crippen LogP contribution in [0.1, 0.15) is 33.4 Å². The Bertz CT molecular complexity index is 1090. The standard InChI is InChI=1S/C24H26N4O4/c1-16-12-20(27(2)26-16)24(31)25-19-10-8-18(9-11-19)23(30)21-14-32-15-22(29)28(21)13-17-6-4-3-5-7-17/h3-12,21,23,30H,13-15H2,1-2H3,(H,25,31)/t21-,23-/m1/s1. The topological polar surface area (TPSA) is 96.7 Å². The molecule has 1 aliphatic heterocycles. The number of carbonyl (C=O) groups is 2. The number of morpholine rings is 1. The number of aryl methyl sites for hydroxylation is 2. The number of nitrogens with zero attached hydrogens (tertiary/aromatic N) is 3. The fourth-order valence-electron chi connectivity index (χ4n) is 3.88. The van der Waals surface area contributed by atoms with Crippen LogP contribution in [0.25, 0.3) is 0 Å². The number of hydrogen-bond donors (Lipinski definition) is 2. The van der Waals surface area contributed by atoms with Crippen LogP contribution >= 0.6 is 0 Å². The number of carbonyl (C=O) groups excluding carboxylic acids is 2. The third-order valence-corrected chi connectivity index (χ3v) is 5.54. The van der Waals surface area contributed by atoms with E-state index in [1.807, 2.05) is 37.3 Å². The van der Waals surface area contributed by atoms with Crippen molar-refractivity contribution in [1.82, 2.24) is 14.7 Å². The molecule has 1 saturated heterocycles. The quantitative estimate of drug-likeness (QED) is 0.621. The summed E-state index contributed by atoms with van der Waals surface area (Å²) >= 11 is 0. The minimum absolute atomic E-state index is 0.00844. The number of anilines is 1. The summed E-state index contributed by atoms with van der Waals surface area (Å²) < 4.78 is 6.96. The van der Waals surface area contributed by atoms with Crippen molar-refractivity contribution in [3.8, 4) is 0 Å².